The van der Waals surface area contributed by atoms with Crippen LogP contribution in [-0.4, -0.2) is 37.0 Å². The van der Waals surface area contributed by atoms with E-state index in [0.717, 1.165) is 11.3 Å². The van der Waals surface area contributed by atoms with Gasteiger partial charge in [0.1, 0.15) is 17.1 Å². The smallest absolute Gasteiger partial charge is 0.269 e. The van der Waals surface area contributed by atoms with Crippen molar-refractivity contribution in [3.05, 3.63) is 70.5 Å². The molecule has 2 heterocycles. The Labute approximate surface area is 163 Å². The number of rotatable bonds is 6. The molecule has 0 fully saturated rings. The number of benzene rings is 2. The number of fused-ring (bicyclic) bond motifs is 1. The zero-order valence-corrected chi connectivity index (χ0v) is 15.5. The van der Waals surface area contributed by atoms with Crippen LogP contribution in [0.4, 0.5) is 5.69 Å². The average Bonchev–Trinajstić information content (AvgIpc) is 3.17. The maximum Gasteiger partial charge on any atom is 0.269 e. The minimum atomic E-state index is -0.406. The first-order chi connectivity index (χ1) is 13.7. The molecule has 9 nitrogen and oxygen atoms in total. The van der Waals surface area contributed by atoms with Crippen LogP contribution in [0.2, 0.25) is 0 Å². The third-order valence-corrected chi connectivity index (χ3v) is 5.05. The lowest BCUT2D eigenvalue weighted by Crippen LogP contribution is -1.98. The largest absolute Gasteiger partial charge is 0.497 e. The van der Waals surface area contributed by atoms with Crippen LogP contribution in [0.25, 0.3) is 16.9 Å². The second-order valence-corrected chi connectivity index (χ2v) is 6.73. The summed E-state index contributed by atoms with van der Waals surface area (Å²) in [6.45, 7) is 0. The summed E-state index contributed by atoms with van der Waals surface area (Å²) in [7, 11) is 1.60. The van der Waals surface area contributed by atoms with Gasteiger partial charge in [0.2, 0.25) is 0 Å². The number of methoxy groups -OCH3 is 1. The number of non-ortho nitro benzene ring substituents is 1. The van der Waals surface area contributed by atoms with E-state index in [9.17, 15) is 10.1 Å². The van der Waals surface area contributed by atoms with Gasteiger partial charge in [-0.15, -0.1) is 5.10 Å². The van der Waals surface area contributed by atoms with Crippen molar-refractivity contribution in [1.82, 2.24) is 25.0 Å². The minimum Gasteiger partial charge on any atom is -0.497 e. The van der Waals surface area contributed by atoms with E-state index in [0.29, 0.717) is 27.7 Å². The summed E-state index contributed by atoms with van der Waals surface area (Å²) in [5, 5.41) is 20.0. The average molecular weight is 394 g/mol. The fraction of sp³-hybridized carbons (Fsp3) is 0.111. The lowest BCUT2D eigenvalue weighted by molar-refractivity contribution is -0.384. The molecule has 0 N–H and O–H groups in total. The fourth-order valence-electron chi connectivity index (χ4n) is 2.66. The standard InChI is InChI=1S/C18H14N6O3S/c1-27-15-7-3-5-13(9-15)23-17-16(21-22-23)18(20-11-19-17)28-10-12-4-2-6-14(8-12)24(25)26/h2-9,11H,10H2,1H3. The van der Waals surface area contributed by atoms with Gasteiger partial charge in [-0.2, -0.15) is 4.68 Å². The minimum absolute atomic E-state index is 0.0647. The fourth-order valence-corrected chi connectivity index (χ4v) is 3.53. The number of nitro groups is 1. The van der Waals surface area contributed by atoms with Gasteiger partial charge in [0, 0.05) is 24.0 Å². The summed E-state index contributed by atoms with van der Waals surface area (Å²) in [5.74, 6) is 1.22. The molecule has 0 amide bonds. The maximum atomic E-state index is 10.9. The Morgan fingerprint density at radius 2 is 2.04 bits per heavy atom. The summed E-state index contributed by atoms with van der Waals surface area (Å²) in [6, 6.07) is 14.0. The maximum absolute atomic E-state index is 10.9. The first-order valence-electron chi connectivity index (χ1n) is 8.22. The van der Waals surface area contributed by atoms with Gasteiger partial charge in [-0.05, 0) is 17.7 Å². The number of hydrogen-bond acceptors (Lipinski definition) is 8. The normalized spacial score (nSPS) is 10.9. The van der Waals surface area contributed by atoms with Gasteiger partial charge in [-0.1, -0.05) is 35.2 Å². The SMILES string of the molecule is COc1cccc(-n2nnc3c(SCc4cccc([N+](=O)[O-])c4)ncnc32)c1. The van der Waals surface area contributed by atoms with Crippen LogP contribution in [0, 0.1) is 10.1 Å². The molecule has 140 valence electrons. The quantitative estimate of drug-likeness (QED) is 0.212. The van der Waals surface area contributed by atoms with Gasteiger partial charge in [-0.25, -0.2) is 9.97 Å². The van der Waals surface area contributed by atoms with Crippen molar-refractivity contribution in [3.8, 4) is 11.4 Å². The van der Waals surface area contributed by atoms with Crippen molar-refractivity contribution in [2.24, 2.45) is 0 Å². The Balaban J connectivity index is 1.63. The van der Waals surface area contributed by atoms with Gasteiger partial charge in [0.15, 0.2) is 11.2 Å². The summed E-state index contributed by atoms with van der Waals surface area (Å²) in [4.78, 5) is 19.1. The number of ether oxygens (including phenoxy) is 1. The monoisotopic (exact) mass is 394 g/mol. The third-order valence-electron chi connectivity index (χ3n) is 4.00. The van der Waals surface area contributed by atoms with Gasteiger partial charge in [-0.3, -0.25) is 10.1 Å². The van der Waals surface area contributed by atoms with Crippen molar-refractivity contribution < 1.29 is 9.66 Å². The number of nitrogens with zero attached hydrogens (tertiary/aromatic N) is 6. The second-order valence-electron chi connectivity index (χ2n) is 5.77. The van der Waals surface area contributed by atoms with Crippen molar-refractivity contribution >= 4 is 28.6 Å². The molecular weight excluding hydrogens is 380 g/mol. The predicted octanol–water partition coefficient (Wildman–Crippen LogP) is 3.42. The Kier molecular flexibility index (Phi) is 4.85. The Morgan fingerprint density at radius 3 is 2.86 bits per heavy atom. The van der Waals surface area contributed by atoms with Gasteiger partial charge >= 0.3 is 0 Å². The summed E-state index contributed by atoms with van der Waals surface area (Å²) >= 11 is 1.43. The number of hydrogen-bond donors (Lipinski definition) is 0. The van der Waals surface area contributed by atoms with Gasteiger partial charge in [0.25, 0.3) is 5.69 Å². The molecule has 0 saturated heterocycles. The molecule has 0 unspecified atom stereocenters. The van der Waals surface area contributed by atoms with Crippen molar-refractivity contribution in [2.75, 3.05) is 7.11 Å². The van der Waals surface area contributed by atoms with Crippen LogP contribution in [0.15, 0.2) is 59.9 Å². The molecule has 0 atom stereocenters. The van der Waals surface area contributed by atoms with Crippen molar-refractivity contribution in [2.45, 2.75) is 10.8 Å². The van der Waals surface area contributed by atoms with E-state index < -0.39 is 4.92 Å². The lowest BCUT2D eigenvalue weighted by Gasteiger charge is -2.05. The second kappa shape index (κ2) is 7.61. The van der Waals surface area contributed by atoms with E-state index in [1.165, 1.54) is 24.2 Å². The molecule has 10 heteroatoms. The van der Waals surface area contributed by atoms with E-state index in [4.69, 9.17) is 4.74 Å². The van der Waals surface area contributed by atoms with Crippen LogP contribution in [0.5, 0.6) is 5.75 Å². The van der Waals surface area contributed by atoms with Gasteiger partial charge < -0.3 is 4.74 Å². The highest BCUT2D eigenvalue weighted by Crippen LogP contribution is 2.28. The molecule has 0 radical (unpaired) electrons. The molecule has 2 aromatic carbocycles. The highest BCUT2D eigenvalue weighted by atomic mass is 32.2. The van der Waals surface area contributed by atoms with Crippen LogP contribution in [-0.2, 0) is 5.75 Å². The first-order valence-corrected chi connectivity index (χ1v) is 9.21. The highest BCUT2D eigenvalue weighted by Gasteiger charge is 2.14. The van der Waals surface area contributed by atoms with E-state index in [1.807, 2.05) is 30.3 Å². The summed E-state index contributed by atoms with van der Waals surface area (Å²) < 4.78 is 6.88. The number of aromatic nitrogens is 5. The molecule has 0 aliphatic heterocycles. The van der Waals surface area contributed by atoms with Crippen molar-refractivity contribution in [1.29, 1.82) is 0 Å². The summed E-state index contributed by atoms with van der Waals surface area (Å²) in [6.07, 6.45) is 1.46. The van der Waals surface area contributed by atoms with Crippen LogP contribution in [0.3, 0.4) is 0 Å². The van der Waals surface area contributed by atoms with Crippen molar-refractivity contribution in [3.63, 3.8) is 0 Å². The molecule has 2 aromatic heterocycles. The molecule has 0 saturated carbocycles. The van der Waals surface area contributed by atoms with Crippen LogP contribution in [0.1, 0.15) is 5.56 Å². The van der Waals surface area contributed by atoms with Crippen LogP contribution < -0.4 is 4.74 Å². The molecule has 28 heavy (non-hydrogen) atoms. The molecule has 0 spiro atoms. The topological polar surface area (TPSA) is 109 Å². The Hall–Kier alpha value is -3.53. The van der Waals surface area contributed by atoms with Gasteiger partial charge in [0.05, 0.1) is 17.7 Å². The zero-order chi connectivity index (χ0) is 19.5. The number of thioether (sulfide) groups is 1. The third kappa shape index (κ3) is 3.49. The molecule has 4 aromatic rings. The van der Waals surface area contributed by atoms with E-state index in [1.54, 1.807) is 23.9 Å². The number of nitro benzene ring substituents is 1. The molecular formula is C18H14N6O3S. The van der Waals surface area contributed by atoms with E-state index in [-0.39, 0.29) is 5.69 Å². The Bertz CT molecular complexity index is 1160. The lowest BCUT2D eigenvalue weighted by atomic mass is 10.2. The zero-order valence-electron chi connectivity index (χ0n) is 14.7. The molecule has 0 bridgehead atoms. The molecule has 4 rings (SSSR count). The van der Waals surface area contributed by atoms with E-state index >= 15 is 0 Å². The highest BCUT2D eigenvalue weighted by molar-refractivity contribution is 7.98. The van der Waals surface area contributed by atoms with E-state index in [2.05, 4.69) is 20.3 Å². The predicted molar refractivity (Wildman–Crippen MR) is 104 cm³/mol. The Morgan fingerprint density at radius 1 is 1.18 bits per heavy atom. The molecule has 0 aliphatic carbocycles. The van der Waals surface area contributed by atoms with Crippen LogP contribution >= 0.6 is 11.8 Å². The molecule has 0 aliphatic rings. The summed E-state index contributed by atoms with van der Waals surface area (Å²) in [5.41, 5.74) is 2.81. The first kappa shape index (κ1) is 17.9.